The molecule has 3 aromatic heterocycles. The first-order chi connectivity index (χ1) is 10.4. The molecule has 0 aromatic carbocycles. The molecule has 0 spiro atoms. The van der Waals surface area contributed by atoms with Crippen LogP contribution in [0.4, 0.5) is 10.6 Å². The summed E-state index contributed by atoms with van der Waals surface area (Å²) in [6.07, 6.45) is 3.08. The summed E-state index contributed by atoms with van der Waals surface area (Å²) in [4.78, 5) is 24.3. The molecular formula is C15H16N4O2S. The predicted molar refractivity (Wildman–Crippen MR) is 87.1 cm³/mol. The summed E-state index contributed by atoms with van der Waals surface area (Å²) in [5.41, 5.74) is 2.87. The number of ether oxygens (including phenoxy) is 1. The molecule has 0 bridgehead atoms. The van der Waals surface area contributed by atoms with Crippen LogP contribution in [0.1, 0.15) is 20.8 Å². The zero-order valence-corrected chi connectivity index (χ0v) is 13.3. The van der Waals surface area contributed by atoms with E-state index in [1.807, 2.05) is 39.1 Å². The van der Waals surface area contributed by atoms with E-state index in [9.17, 15) is 4.79 Å². The quantitative estimate of drug-likeness (QED) is 0.748. The lowest BCUT2D eigenvalue weighted by Gasteiger charge is -2.19. The molecule has 0 unspecified atom stereocenters. The van der Waals surface area contributed by atoms with E-state index in [0.29, 0.717) is 5.82 Å². The normalized spacial score (nSPS) is 11.6. The van der Waals surface area contributed by atoms with E-state index in [-0.39, 0.29) is 0 Å². The number of carbonyl (C=O) groups is 1. The summed E-state index contributed by atoms with van der Waals surface area (Å²) in [5, 5.41) is 3.70. The highest BCUT2D eigenvalue weighted by Gasteiger charge is 2.19. The fraction of sp³-hybridized carbons (Fsp3) is 0.267. The van der Waals surface area contributed by atoms with Gasteiger partial charge in [0.2, 0.25) is 0 Å². The summed E-state index contributed by atoms with van der Waals surface area (Å²) in [6.45, 7) is 5.45. The van der Waals surface area contributed by atoms with E-state index in [2.05, 4.69) is 20.3 Å². The van der Waals surface area contributed by atoms with Crippen LogP contribution in [0, 0.1) is 0 Å². The Morgan fingerprint density at radius 2 is 2.18 bits per heavy atom. The van der Waals surface area contributed by atoms with Crippen LogP contribution in [0.3, 0.4) is 0 Å². The molecule has 114 valence electrons. The Labute approximate surface area is 131 Å². The number of rotatable bonds is 2. The van der Waals surface area contributed by atoms with Crippen molar-refractivity contribution < 1.29 is 9.53 Å². The second-order valence-electron chi connectivity index (χ2n) is 5.80. The number of carbonyl (C=O) groups excluding carboxylic acids is 1. The lowest BCUT2D eigenvalue weighted by atomic mass is 10.2. The van der Waals surface area contributed by atoms with Crippen molar-refractivity contribution in [1.29, 1.82) is 0 Å². The molecule has 22 heavy (non-hydrogen) atoms. The van der Waals surface area contributed by atoms with E-state index < -0.39 is 11.7 Å². The molecule has 0 aliphatic rings. The SMILES string of the molecule is CC(C)(C)OC(=O)Nc1ncsc1-c1cnc2[nH]ccc2c1. The predicted octanol–water partition coefficient (Wildman–Crippen LogP) is 4.03. The van der Waals surface area contributed by atoms with Crippen LogP contribution in [0.2, 0.25) is 0 Å². The minimum Gasteiger partial charge on any atom is -0.444 e. The molecule has 0 aliphatic heterocycles. The number of pyridine rings is 1. The van der Waals surface area contributed by atoms with Gasteiger partial charge in [-0.2, -0.15) is 0 Å². The van der Waals surface area contributed by atoms with Crippen LogP contribution in [0.25, 0.3) is 21.5 Å². The summed E-state index contributed by atoms with van der Waals surface area (Å²) in [7, 11) is 0. The Balaban J connectivity index is 1.86. The molecule has 6 nitrogen and oxygen atoms in total. The van der Waals surface area contributed by atoms with Crippen molar-refractivity contribution in [3.8, 4) is 10.4 Å². The number of aromatic amines is 1. The largest absolute Gasteiger partial charge is 0.444 e. The Hall–Kier alpha value is -2.41. The van der Waals surface area contributed by atoms with Gasteiger partial charge in [-0.05, 0) is 32.9 Å². The Morgan fingerprint density at radius 3 is 2.95 bits per heavy atom. The van der Waals surface area contributed by atoms with Gasteiger partial charge in [-0.1, -0.05) is 0 Å². The number of H-pyrrole nitrogens is 1. The third kappa shape index (κ3) is 3.09. The van der Waals surface area contributed by atoms with Crippen LogP contribution < -0.4 is 5.32 Å². The molecule has 0 saturated carbocycles. The van der Waals surface area contributed by atoms with Crippen LogP contribution in [0.15, 0.2) is 30.0 Å². The summed E-state index contributed by atoms with van der Waals surface area (Å²) in [6, 6.07) is 3.96. The lowest BCUT2D eigenvalue weighted by molar-refractivity contribution is 0.0635. The van der Waals surface area contributed by atoms with Crippen LogP contribution >= 0.6 is 11.3 Å². The highest BCUT2D eigenvalue weighted by atomic mass is 32.1. The molecule has 0 aliphatic carbocycles. The van der Waals surface area contributed by atoms with E-state index in [0.717, 1.165) is 21.5 Å². The second-order valence-corrected chi connectivity index (χ2v) is 6.65. The van der Waals surface area contributed by atoms with Gasteiger partial charge in [-0.3, -0.25) is 5.32 Å². The third-order valence-corrected chi connectivity index (χ3v) is 3.72. The maximum absolute atomic E-state index is 11.9. The number of hydrogen-bond donors (Lipinski definition) is 2. The first-order valence-corrected chi connectivity index (χ1v) is 7.67. The fourth-order valence-electron chi connectivity index (χ4n) is 2.00. The molecule has 0 radical (unpaired) electrons. The topological polar surface area (TPSA) is 79.9 Å². The van der Waals surface area contributed by atoms with E-state index in [1.165, 1.54) is 11.3 Å². The van der Waals surface area contributed by atoms with Crippen molar-refractivity contribution in [2.24, 2.45) is 0 Å². The Morgan fingerprint density at radius 1 is 1.36 bits per heavy atom. The minimum absolute atomic E-state index is 0.482. The molecule has 3 aromatic rings. The maximum atomic E-state index is 11.9. The number of amides is 1. The number of anilines is 1. The number of nitrogens with one attached hydrogen (secondary N) is 2. The average molecular weight is 316 g/mol. The van der Waals surface area contributed by atoms with Gasteiger partial charge < -0.3 is 9.72 Å². The minimum atomic E-state index is -0.550. The van der Waals surface area contributed by atoms with E-state index >= 15 is 0 Å². The molecule has 0 atom stereocenters. The van der Waals surface area contributed by atoms with E-state index in [4.69, 9.17) is 4.74 Å². The van der Waals surface area contributed by atoms with Crippen LogP contribution in [0.5, 0.6) is 0 Å². The van der Waals surface area contributed by atoms with Gasteiger partial charge in [0.15, 0.2) is 5.82 Å². The smallest absolute Gasteiger partial charge is 0.413 e. The van der Waals surface area contributed by atoms with Gasteiger partial charge in [-0.25, -0.2) is 14.8 Å². The van der Waals surface area contributed by atoms with Gasteiger partial charge in [0.05, 0.1) is 10.4 Å². The first kappa shape index (κ1) is 14.5. The number of fused-ring (bicyclic) bond motifs is 1. The summed E-state index contributed by atoms with van der Waals surface area (Å²) < 4.78 is 5.25. The highest BCUT2D eigenvalue weighted by Crippen LogP contribution is 2.32. The van der Waals surface area contributed by atoms with Gasteiger partial charge in [0.25, 0.3) is 0 Å². The zero-order valence-electron chi connectivity index (χ0n) is 12.5. The molecule has 7 heteroatoms. The molecule has 0 saturated heterocycles. The maximum Gasteiger partial charge on any atom is 0.413 e. The van der Waals surface area contributed by atoms with Crippen LogP contribution in [-0.2, 0) is 4.74 Å². The Kier molecular flexibility index (Phi) is 3.58. The van der Waals surface area contributed by atoms with Crippen LogP contribution in [-0.4, -0.2) is 26.6 Å². The van der Waals surface area contributed by atoms with Crippen molar-refractivity contribution in [3.63, 3.8) is 0 Å². The van der Waals surface area contributed by atoms with Gasteiger partial charge >= 0.3 is 6.09 Å². The fourth-order valence-corrected chi connectivity index (χ4v) is 2.73. The highest BCUT2D eigenvalue weighted by molar-refractivity contribution is 7.13. The Bertz CT molecular complexity index is 816. The molecule has 3 heterocycles. The van der Waals surface area contributed by atoms with Crippen molar-refractivity contribution >= 4 is 34.3 Å². The number of aromatic nitrogens is 3. The molecular weight excluding hydrogens is 300 g/mol. The first-order valence-electron chi connectivity index (χ1n) is 6.79. The molecule has 3 rings (SSSR count). The van der Waals surface area contributed by atoms with Gasteiger partial charge in [-0.15, -0.1) is 11.3 Å². The van der Waals surface area contributed by atoms with Gasteiger partial charge in [0, 0.05) is 23.3 Å². The van der Waals surface area contributed by atoms with Crippen molar-refractivity contribution in [3.05, 3.63) is 30.0 Å². The van der Waals surface area contributed by atoms with Crippen molar-refractivity contribution in [1.82, 2.24) is 15.0 Å². The van der Waals surface area contributed by atoms with Gasteiger partial charge in [0.1, 0.15) is 11.2 Å². The van der Waals surface area contributed by atoms with Crippen molar-refractivity contribution in [2.45, 2.75) is 26.4 Å². The zero-order chi connectivity index (χ0) is 15.7. The van der Waals surface area contributed by atoms with Crippen molar-refractivity contribution in [2.75, 3.05) is 5.32 Å². The van der Waals surface area contributed by atoms with E-state index in [1.54, 1.807) is 11.7 Å². The number of hydrogen-bond acceptors (Lipinski definition) is 5. The number of thiazole rings is 1. The summed E-state index contributed by atoms with van der Waals surface area (Å²) in [5.74, 6) is 0.482. The second kappa shape index (κ2) is 5.42. The lowest BCUT2D eigenvalue weighted by Crippen LogP contribution is -2.27. The molecule has 0 fully saturated rings. The number of nitrogens with zero attached hydrogens (tertiary/aromatic N) is 2. The molecule has 1 amide bonds. The molecule has 2 N–H and O–H groups in total. The summed E-state index contributed by atoms with van der Waals surface area (Å²) >= 11 is 1.44. The average Bonchev–Trinajstić information content (AvgIpc) is 3.03. The standard InChI is InChI=1S/C15H16N4O2S/c1-15(2,3)21-14(20)19-13-11(22-8-18-13)10-6-9-4-5-16-12(9)17-7-10/h4-8H,1-3H3,(H,16,17)(H,19,20). The third-order valence-electron chi connectivity index (χ3n) is 2.85. The monoisotopic (exact) mass is 316 g/mol.